The summed E-state index contributed by atoms with van der Waals surface area (Å²) in [6.45, 7) is 0.981. The van der Waals surface area contributed by atoms with Crippen molar-refractivity contribution in [3.63, 3.8) is 0 Å². The van der Waals surface area contributed by atoms with Crippen LogP contribution >= 0.6 is 0 Å². The van der Waals surface area contributed by atoms with Crippen LogP contribution in [0.15, 0.2) is 0 Å². The minimum Gasteiger partial charge on any atom is -0.481 e. The van der Waals surface area contributed by atoms with E-state index in [9.17, 15) is 9.90 Å². The summed E-state index contributed by atoms with van der Waals surface area (Å²) in [7, 11) is 0. The number of aliphatic hydroxyl groups is 1. The first-order valence-electron chi connectivity index (χ1n) is 4.67. The van der Waals surface area contributed by atoms with Crippen LogP contribution in [0.3, 0.4) is 0 Å². The van der Waals surface area contributed by atoms with Gasteiger partial charge in [-0.05, 0) is 24.7 Å². The summed E-state index contributed by atoms with van der Waals surface area (Å²) in [5.41, 5.74) is 0. The largest absolute Gasteiger partial charge is 0.481 e. The fourth-order valence-corrected chi connectivity index (χ4v) is 2.59. The molecule has 13 heavy (non-hydrogen) atoms. The average Bonchev–Trinajstić information content (AvgIpc) is 2.01. The van der Waals surface area contributed by atoms with Gasteiger partial charge in [-0.2, -0.15) is 0 Å². The topological polar surface area (TPSA) is 66.8 Å². The van der Waals surface area contributed by atoms with Crippen molar-refractivity contribution in [2.24, 2.45) is 17.8 Å². The van der Waals surface area contributed by atoms with E-state index in [-0.39, 0.29) is 23.9 Å². The minimum atomic E-state index is -0.731. The van der Waals surface area contributed by atoms with E-state index in [1.54, 1.807) is 0 Å². The molecule has 2 fully saturated rings. The van der Waals surface area contributed by atoms with Gasteiger partial charge in [0.1, 0.15) is 0 Å². The maximum atomic E-state index is 10.9. The van der Waals surface area contributed by atoms with Gasteiger partial charge in [0.05, 0.1) is 25.2 Å². The first-order chi connectivity index (χ1) is 6.18. The Morgan fingerprint density at radius 1 is 1.23 bits per heavy atom. The monoisotopic (exact) mass is 186 g/mol. The van der Waals surface area contributed by atoms with Gasteiger partial charge in [0.25, 0.3) is 0 Å². The van der Waals surface area contributed by atoms with Crippen molar-refractivity contribution in [1.29, 1.82) is 0 Å². The van der Waals surface area contributed by atoms with E-state index in [1.807, 2.05) is 0 Å². The fourth-order valence-electron chi connectivity index (χ4n) is 2.59. The van der Waals surface area contributed by atoms with Crippen LogP contribution in [0.25, 0.3) is 0 Å². The molecule has 1 aliphatic carbocycles. The zero-order valence-electron chi connectivity index (χ0n) is 7.35. The van der Waals surface area contributed by atoms with Crippen LogP contribution in [-0.2, 0) is 9.53 Å². The molecule has 1 heterocycles. The molecule has 74 valence electrons. The second-order valence-electron chi connectivity index (χ2n) is 4.05. The zero-order valence-corrected chi connectivity index (χ0v) is 7.35. The first-order valence-corrected chi connectivity index (χ1v) is 4.67. The third-order valence-electron chi connectivity index (χ3n) is 3.11. The van der Waals surface area contributed by atoms with E-state index in [2.05, 4.69) is 0 Å². The SMILES string of the molecule is O=C(O)C1C2COCC1CC(O)C2. The standard InChI is InChI=1S/C9H14O4/c10-7-1-5-3-13-4-6(2-7)8(5)9(11)12/h5-8,10H,1-4H2,(H,11,12). The summed E-state index contributed by atoms with van der Waals surface area (Å²) in [6, 6.07) is 0. The Morgan fingerprint density at radius 3 is 2.23 bits per heavy atom. The number of aliphatic carboxylic acids is 1. The Kier molecular flexibility index (Phi) is 2.26. The lowest BCUT2D eigenvalue weighted by Gasteiger charge is -2.41. The lowest BCUT2D eigenvalue weighted by Crippen LogP contribution is -2.47. The molecule has 0 amide bonds. The number of carbonyl (C=O) groups is 1. The highest BCUT2D eigenvalue weighted by Crippen LogP contribution is 2.38. The molecule has 2 atom stereocenters. The summed E-state index contributed by atoms with van der Waals surface area (Å²) in [5, 5.41) is 18.5. The van der Waals surface area contributed by atoms with E-state index in [0.717, 1.165) is 0 Å². The lowest BCUT2D eigenvalue weighted by atomic mass is 9.70. The maximum absolute atomic E-state index is 10.9. The second kappa shape index (κ2) is 3.27. The van der Waals surface area contributed by atoms with Crippen molar-refractivity contribution in [2.45, 2.75) is 18.9 Å². The molecule has 2 aliphatic rings. The summed E-state index contributed by atoms with van der Waals surface area (Å²) in [6.07, 6.45) is 0.829. The number of carboxylic acids is 1. The number of rotatable bonds is 1. The number of hydrogen-bond acceptors (Lipinski definition) is 3. The molecule has 1 saturated carbocycles. The van der Waals surface area contributed by atoms with Crippen molar-refractivity contribution in [3.05, 3.63) is 0 Å². The van der Waals surface area contributed by atoms with Gasteiger partial charge in [0.15, 0.2) is 0 Å². The number of fused-ring (bicyclic) bond motifs is 2. The van der Waals surface area contributed by atoms with Crippen molar-refractivity contribution in [1.82, 2.24) is 0 Å². The van der Waals surface area contributed by atoms with E-state index >= 15 is 0 Å². The van der Waals surface area contributed by atoms with Gasteiger partial charge < -0.3 is 14.9 Å². The molecule has 1 aliphatic heterocycles. The smallest absolute Gasteiger partial charge is 0.307 e. The normalized spacial score (nSPS) is 44.4. The third kappa shape index (κ3) is 1.56. The summed E-state index contributed by atoms with van der Waals surface area (Å²) in [5.74, 6) is -0.998. The molecule has 1 saturated heterocycles. The Labute approximate surface area is 76.5 Å². The molecule has 2 unspecified atom stereocenters. The summed E-state index contributed by atoms with van der Waals surface area (Å²) in [4.78, 5) is 10.9. The number of hydrogen-bond donors (Lipinski definition) is 2. The van der Waals surface area contributed by atoms with Gasteiger partial charge in [-0.3, -0.25) is 4.79 Å². The highest BCUT2D eigenvalue weighted by Gasteiger charge is 2.44. The number of carboxylic acid groups (broad SMARTS) is 1. The quantitative estimate of drug-likeness (QED) is 0.609. The lowest BCUT2D eigenvalue weighted by molar-refractivity contribution is -0.161. The maximum Gasteiger partial charge on any atom is 0.307 e. The first kappa shape index (κ1) is 8.97. The average molecular weight is 186 g/mol. The molecule has 0 aromatic carbocycles. The number of aliphatic hydroxyl groups excluding tert-OH is 1. The van der Waals surface area contributed by atoms with Gasteiger partial charge in [0, 0.05) is 0 Å². The van der Waals surface area contributed by atoms with Crippen LogP contribution in [0.1, 0.15) is 12.8 Å². The van der Waals surface area contributed by atoms with Crippen LogP contribution < -0.4 is 0 Å². The molecule has 0 spiro atoms. The predicted molar refractivity (Wildman–Crippen MR) is 44.2 cm³/mol. The molecule has 2 bridgehead atoms. The molecule has 0 aromatic heterocycles. The third-order valence-corrected chi connectivity index (χ3v) is 3.11. The second-order valence-corrected chi connectivity index (χ2v) is 4.05. The van der Waals surface area contributed by atoms with E-state index < -0.39 is 5.97 Å². The molecule has 4 heteroatoms. The van der Waals surface area contributed by atoms with Gasteiger partial charge >= 0.3 is 5.97 Å². The molecule has 2 N–H and O–H groups in total. The summed E-state index contributed by atoms with van der Waals surface area (Å²) >= 11 is 0. The Bertz CT molecular complexity index is 202. The Hall–Kier alpha value is -0.610. The van der Waals surface area contributed by atoms with E-state index in [1.165, 1.54) is 0 Å². The van der Waals surface area contributed by atoms with Crippen molar-refractivity contribution < 1.29 is 19.7 Å². The fraction of sp³-hybridized carbons (Fsp3) is 0.889. The van der Waals surface area contributed by atoms with Gasteiger partial charge in [-0.1, -0.05) is 0 Å². The van der Waals surface area contributed by atoms with Crippen molar-refractivity contribution in [2.75, 3.05) is 13.2 Å². The minimum absolute atomic E-state index is 0.0139. The van der Waals surface area contributed by atoms with Crippen LogP contribution in [0.2, 0.25) is 0 Å². The van der Waals surface area contributed by atoms with Crippen LogP contribution in [0.5, 0.6) is 0 Å². The van der Waals surface area contributed by atoms with E-state index in [4.69, 9.17) is 9.84 Å². The van der Waals surface area contributed by atoms with Crippen LogP contribution in [-0.4, -0.2) is 35.5 Å². The molecule has 4 nitrogen and oxygen atoms in total. The molecule has 2 rings (SSSR count). The molecular formula is C9H14O4. The van der Waals surface area contributed by atoms with E-state index in [0.29, 0.717) is 26.1 Å². The van der Waals surface area contributed by atoms with Gasteiger partial charge in [-0.15, -0.1) is 0 Å². The summed E-state index contributed by atoms with van der Waals surface area (Å²) < 4.78 is 5.29. The predicted octanol–water partition coefficient (Wildman–Crippen LogP) is 0.104. The van der Waals surface area contributed by atoms with Crippen LogP contribution in [0, 0.1) is 17.8 Å². The highest BCUT2D eigenvalue weighted by atomic mass is 16.5. The van der Waals surface area contributed by atoms with Gasteiger partial charge in [-0.25, -0.2) is 0 Å². The Balaban J connectivity index is 2.14. The highest BCUT2D eigenvalue weighted by molar-refractivity contribution is 5.71. The molecule has 0 aromatic rings. The zero-order chi connectivity index (χ0) is 9.42. The Morgan fingerprint density at radius 2 is 1.77 bits per heavy atom. The molecule has 0 radical (unpaired) electrons. The van der Waals surface area contributed by atoms with Gasteiger partial charge in [0.2, 0.25) is 0 Å². The number of ether oxygens (including phenoxy) is 1. The van der Waals surface area contributed by atoms with Crippen LogP contribution in [0.4, 0.5) is 0 Å². The van der Waals surface area contributed by atoms with Crippen molar-refractivity contribution in [3.8, 4) is 0 Å². The van der Waals surface area contributed by atoms with Crippen molar-refractivity contribution >= 4 is 5.97 Å². The molecular weight excluding hydrogens is 172 g/mol.